The van der Waals surface area contributed by atoms with Gasteiger partial charge in [-0.25, -0.2) is 0 Å². The van der Waals surface area contributed by atoms with E-state index in [4.69, 9.17) is 4.74 Å². The van der Waals surface area contributed by atoms with E-state index in [0.717, 1.165) is 50.2 Å². The molecule has 8 heteroatoms. The van der Waals surface area contributed by atoms with Gasteiger partial charge in [0.25, 0.3) is 5.91 Å². The number of hydrogen-bond donors (Lipinski definition) is 2. The lowest BCUT2D eigenvalue weighted by Crippen LogP contribution is -2.47. The molecule has 2 rings (SSSR count). The minimum Gasteiger partial charge on any atom is -0.480 e. The first-order valence-corrected chi connectivity index (χ1v) is 9.99. The van der Waals surface area contributed by atoms with Crippen molar-refractivity contribution >= 4 is 27.7 Å². The number of hydrogen-bond acceptors (Lipinski definition) is 6. The summed E-state index contributed by atoms with van der Waals surface area (Å²) >= 11 is 3.45. The summed E-state index contributed by atoms with van der Waals surface area (Å²) in [4.78, 5) is 22.1. The van der Waals surface area contributed by atoms with Gasteiger partial charge in [0.1, 0.15) is 11.4 Å². The van der Waals surface area contributed by atoms with Crippen molar-refractivity contribution in [3.63, 3.8) is 0 Å². The number of carbonyl (C=O) groups excluding carboxylic acids is 1. The predicted octanol–water partition coefficient (Wildman–Crippen LogP) is 2.04. The summed E-state index contributed by atoms with van der Waals surface area (Å²) in [6.07, 6.45) is 1.11. The summed E-state index contributed by atoms with van der Waals surface area (Å²) in [6, 6.07) is 1.83. The van der Waals surface area contributed by atoms with E-state index in [1.807, 2.05) is 0 Å². The van der Waals surface area contributed by atoms with Gasteiger partial charge in [0.05, 0.1) is 17.6 Å². The van der Waals surface area contributed by atoms with E-state index in [1.165, 1.54) is 7.11 Å². The van der Waals surface area contributed by atoms with Gasteiger partial charge in [-0.3, -0.25) is 9.69 Å². The number of nitrogens with one attached hydrogen (secondary N) is 2. The van der Waals surface area contributed by atoms with E-state index in [1.54, 1.807) is 13.1 Å². The van der Waals surface area contributed by atoms with E-state index >= 15 is 0 Å². The number of pyridine rings is 1. The third kappa shape index (κ3) is 5.31. The molecular weight excluding hydrogens is 398 g/mol. The molecule has 26 heavy (non-hydrogen) atoms. The smallest absolute Gasteiger partial charge is 0.257 e. The quantitative estimate of drug-likeness (QED) is 0.693. The Bertz CT molecular complexity index is 613. The van der Waals surface area contributed by atoms with Crippen molar-refractivity contribution in [3.05, 3.63) is 16.1 Å². The molecule has 146 valence electrons. The summed E-state index contributed by atoms with van der Waals surface area (Å²) in [5, 5.41) is 6.16. The lowest BCUT2D eigenvalue weighted by molar-refractivity contribution is 0.0919. The molecule has 1 aliphatic heterocycles. The third-order valence-corrected chi connectivity index (χ3v) is 5.23. The zero-order valence-corrected chi connectivity index (χ0v) is 17.7. The molecule has 7 nitrogen and oxygen atoms in total. The maximum atomic E-state index is 12.9. The van der Waals surface area contributed by atoms with Gasteiger partial charge in [-0.1, -0.05) is 13.8 Å². The normalized spacial score (nSPS) is 19.0. The molecule has 1 saturated heterocycles. The van der Waals surface area contributed by atoms with Gasteiger partial charge in [0, 0.05) is 33.2 Å². The molecule has 1 fully saturated rings. The fourth-order valence-electron chi connectivity index (χ4n) is 3.27. The minimum absolute atomic E-state index is 0.0731. The Hall–Kier alpha value is -1.38. The topological polar surface area (TPSA) is 69.7 Å². The Morgan fingerprint density at radius 3 is 2.65 bits per heavy atom. The average Bonchev–Trinajstić information content (AvgIpc) is 2.83. The van der Waals surface area contributed by atoms with Crippen LogP contribution in [0.5, 0.6) is 5.88 Å². The van der Waals surface area contributed by atoms with Crippen LogP contribution in [0.1, 0.15) is 30.6 Å². The predicted molar refractivity (Wildman–Crippen MR) is 108 cm³/mol. The molecule has 0 aliphatic carbocycles. The number of rotatable bonds is 7. The molecule has 2 heterocycles. The Morgan fingerprint density at radius 1 is 1.35 bits per heavy atom. The van der Waals surface area contributed by atoms with E-state index < -0.39 is 0 Å². The molecule has 0 spiro atoms. The molecule has 0 saturated carbocycles. The van der Waals surface area contributed by atoms with Crippen LogP contribution in [0, 0.1) is 0 Å². The van der Waals surface area contributed by atoms with Crippen LogP contribution in [0.4, 0.5) is 5.82 Å². The van der Waals surface area contributed by atoms with Gasteiger partial charge < -0.3 is 20.3 Å². The molecule has 0 bridgehead atoms. The van der Waals surface area contributed by atoms with Crippen molar-refractivity contribution in [2.24, 2.45) is 0 Å². The number of methoxy groups -OCH3 is 1. The lowest BCUT2D eigenvalue weighted by atomic mass is 10.2. The largest absolute Gasteiger partial charge is 0.480 e. The second-order valence-corrected chi connectivity index (χ2v) is 7.34. The van der Waals surface area contributed by atoms with Crippen LogP contribution in [0.25, 0.3) is 0 Å². The number of aromatic nitrogens is 1. The number of likely N-dealkylation sites (N-methyl/N-ethyl adjacent to an activating group) is 1. The highest BCUT2D eigenvalue weighted by Crippen LogP contribution is 2.27. The molecule has 0 radical (unpaired) electrons. The highest BCUT2D eigenvalue weighted by molar-refractivity contribution is 9.10. The first-order chi connectivity index (χ1) is 12.5. The first kappa shape index (κ1) is 20.9. The maximum absolute atomic E-state index is 12.9. The summed E-state index contributed by atoms with van der Waals surface area (Å²) in [7, 11) is 3.30. The first-order valence-electron chi connectivity index (χ1n) is 9.20. The van der Waals surface area contributed by atoms with E-state index in [0.29, 0.717) is 17.3 Å². The molecule has 0 aromatic carbocycles. The molecule has 1 aromatic heterocycles. The van der Waals surface area contributed by atoms with Gasteiger partial charge in [-0.2, -0.15) is 4.98 Å². The van der Waals surface area contributed by atoms with Gasteiger partial charge in [-0.15, -0.1) is 0 Å². The van der Waals surface area contributed by atoms with Gasteiger partial charge in [0.15, 0.2) is 0 Å². The number of amides is 1. The van der Waals surface area contributed by atoms with Crippen molar-refractivity contribution < 1.29 is 9.53 Å². The minimum atomic E-state index is -0.155. The standard InChI is InChI=1S/C18H30BrN5O2/c1-5-7-24-9-8-23(6-2)11-13(12-24)21-17(25)14-10-15(19)16(20-3)22-18(14)26-4/h10,13H,5-9,11-12H2,1-4H3,(H,20,22)(H,21,25). The highest BCUT2D eigenvalue weighted by Gasteiger charge is 2.25. The zero-order chi connectivity index (χ0) is 19.1. The summed E-state index contributed by atoms with van der Waals surface area (Å²) < 4.78 is 6.06. The van der Waals surface area contributed by atoms with E-state index in [9.17, 15) is 4.79 Å². The van der Waals surface area contributed by atoms with Crippen LogP contribution in [0.15, 0.2) is 10.5 Å². The maximum Gasteiger partial charge on any atom is 0.257 e. The number of halogens is 1. The fourth-order valence-corrected chi connectivity index (χ4v) is 3.79. The number of nitrogens with zero attached hydrogens (tertiary/aromatic N) is 3. The third-order valence-electron chi connectivity index (χ3n) is 4.63. The van der Waals surface area contributed by atoms with Crippen molar-refractivity contribution in [3.8, 4) is 5.88 Å². The van der Waals surface area contributed by atoms with Crippen LogP contribution >= 0.6 is 15.9 Å². The molecule has 2 N–H and O–H groups in total. The second-order valence-electron chi connectivity index (χ2n) is 6.49. The van der Waals surface area contributed by atoms with E-state index in [2.05, 4.69) is 55.2 Å². The van der Waals surface area contributed by atoms with Crippen LogP contribution in [-0.4, -0.2) is 80.2 Å². The van der Waals surface area contributed by atoms with Crippen molar-refractivity contribution in [2.45, 2.75) is 26.3 Å². The molecule has 1 aliphatic rings. The Kier molecular flexibility index (Phi) is 8.12. The molecular formula is C18H30BrN5O2. The van der Waals surface area contributed by atoms with Gasteiger partial charge in [-0.05, 0) is 41.5 Å². The summed E-state index contributed by atoms with van der Waals surface area (Å²) in [5.74, 6) is 0.803. The monoisotopic (exact) mass is 427 g/mol. The summed E-state index contributed by atoms with van der Waals surface area (Å²) in [5.41, 5.74) is 0.438. The number of anilines is 1. The van der Waals surface area contributed by atoms with Gasteiger partial charge >= 0.3 is 0 Å². The highest BCUT2D eigenvalue weighted by atomic mass is 79.9. The van der Waals surface area contributed by atoms with Crippen LogP contribution < -0.4 is 15.4 Å². The SMILES string of the molecule is CCCN1CCN(CC)CC(NC(=O)c2cc(Br)c(NC)nc2OC)C1. The summed E-state index contributed by atoms with van der Waals surface area (Å²) in [6.45, 7) is 10.2. The second kappa shape index (κ2) is 10.1. The number of ether oxygens (including phenoxy) is 1. The van der Waals surface area contributed by atoms with Crippen molar-refractivity contribution in [1.29, 1.82) is 0 Å². The van der Waals surface area contributed by atoms with Gasteiger partial charge in [0.2, 0.25) is 5.88 Å². The Morgan fingerprint density at radius 2 is 2.04 bits per heavy atom. The zero-order valence-electron chi connectivity index (χ0n) is 16.1. The molecule has 1 amide bonds. The molecule has 1 aromatic rings. The van der Waals surface area contributed by atoms with Crippen molar-refractivity contribution in [2.75, 3.05) is 58.7 Å². The van der Waals surface area contributed by atoms with Crippen molar-refractivity contribution in [1.82, 2.24) is 20.1 Å². The van der Waals surface area contributed by atoms with Crippen LogP contribution in [0.3, 0.4) is 0 Å². The number of carbonyl (C=O) groups is 1. The Balaban J connectivity index is 2.17. The molecule has 1 atom stereocenters. The lowest BCUT2D eigenvalue weighted by Gasteiger charge is -2.25. The molecule has 1 unspecified atom stereocenters. The van der Waals surface area contributed by atoms with E-state index in [-0.39, 0.29) is 11.9 Å². The average molecular weight is 428 g/mol. The van der Waals surface area contributed by atoms with Crippen LogP contribution in [0.2, 0.25) is 0 Å². The Labute approximate surface area is 164 Å². The van der Waals surface area contributed by atoms with Crippen LogP contribution in [-0.2, 0) is 0 Å². The fraction of sp³-hybridized carbons (Fsp3) is 0.667.